The van der Waals surface area contributed by atoms with Crippen LogP contribution in [0.3, 0.4) is 0 Å². The maximum atomic E-state index is 13.6. The van der Waals surface area contributed by atoms with Gasteiger partial charge in [-0.2, -0.15) is 0 Å². The molecule has 0 radical (unpaired) electrons. The van der Waals surface area contributed by atoms with Gasteiger partial charge in [0.15, 0.2) is 0 Å². The average Bonchev–Trinajstić information content (AvgIpc) is 2.43. The van der Waals surface area contributed by atoms with Gasteiger partial charge in [0.05, 0.1) is 5.69 Å². The minimum atomic E-state index is -0.554. The first-order valence-electron chi connectivity index (χ1n) is 6.12. The molecule has 0 heterocycles. The van der Waals surface area contributed by atoms with Crippen molar-refractivity contribution in [2.75, 3.05) is 30.0 Å². The standard InChI is InChI=1S/C15H16FN3O/c1-19(2)11-6-3-5-10(9-11)15(20)18-14-12(16)7-4-8-13(14)17/h3-9H,17H2,1-2H3,(H,18,20). The normalized spacial score (nSPS) is 10.2. The van der Waals surface area contributed by atoms with Crippen LogP contribution in [0.15, 0.2) is 42.5 Å². The fourth-order valence-electron chi connectivity index (χ4n) is 1.78. The van der Waals surface area contributed by atoms with Gasteiger partial charge in [0.25, 0.3) is 5.91 Å². The number of carbonyl (C=O) groups excluding carboxylic acids is 1. The summed E-state index contributed by atoms with van der Waals surface area (Å²) in [6.45, 7) is 0. The summed E-state index contributed by atoms with van der Waals surface area (Å²) in [5, 5.41) is 2.50. The van der Waals surface area contributed by atoms with Crippen molar-refractivity contribution in [1.29, 1.82) is 0 Å². The molecule has 2 rings (SSSR count). The van der Waals surface area contributed by atoms with E-state index in [0.29, 0.717) is 5.56 Å². The minimum absolute atomic E-state index is 0.00718. The van der Waals surface area contributed by atoms with Gasteiger partial charge in [-0.3, -0.25) is 4.79 Å². The number of hydrogen-bond donors (Lipinski definition) is 2. The first kappa shape index (κ1) is 13.9. The van der Waals surface area contributed by atoms with E-state index in [-0.39, 0.29) is 11.4 Å². The predicted octanol–water partition coefficient (Wildman–Crippen LogP) is 2.73. The zero-order chi connectivity index (χ0) is 14.7. The average molecular weight is 273 g/mol. The second-order valence-electron chi connectivity index (χ2n) is 4.60. The van der Waals surface area contributed by atoms with Crippen LogP contribution in [0.25, 0.3) is 0 Å². The number of nitrogen functional groups attached to an aromatic ring is 1. The molecule has 20 heavy (non-hydrogen) atoms. The lowest BCUT2D eigenvalue weighted by molar-refractivity contribution is 0.102. The van der Waals surface area contributed by atoms with Crippen LogP contribution in [0.1, 0.15) is 10.4 Å². The minimum Gasteiger partial charge on any atom is -0.397 e. The van der Waals surface area contributed by atoms with E-state index in [1.807, 2.05) is 25.1 Å². The van der Waals surface area contributed by atoms with Gasteiger partial charge in [0.1, 0.15) is 11.5 Å². The molecular weight excluding hydrogens is 257 g/mol. The zero-order valence-electron chi connectivity index (χ0n) is 11.4. The van der Waals surface area contributed by atoms with Gasteiger partial charge < -0.3 is 16.0 Å². The van der Waals surface area contributed by atoms with Crippen LogP contribution in [0.4, 0.5) is 21.5 Å². The largest absolute Gasteiger partial charge is 0.397 e. The van der Waals surface area contributed by atoms with Crippen LogP contribution >= 0.6 is 0 Å². The summed E-state index contributed by atoms with van der Waals surface area (Å²) < 4.78 is 13.6. The Hall–Kier alpha value is -2.56. The van der Waals surface area contributed by atoms with Crippen molar-refractivity contribution in [3.8, 4) is 0 Å². The first-order valence-corrected chi connectivity index (χ1v) is 6.12. The van der Waals surface area contributed by atoms with Crippen molar-refractivity contribution in [2.45, 2.75) is 0 Å². The molecule has 4 nitrogen and oxygen atoms in total. The van der Waals surface area contributed by atoms with Crippen LogP contribution in [0, 0.1) is 5.82 Å². The lowest BCUT2D eigenvalue weighted by atomic mass is 10.1. The number of nitrogens with one attached hydrogen (secondary N) is 1. The first-order chi connectivity index (χ1) is 9.49. The zero-order valence-corrected chi connectivity index (χ0v) is 11.4. The highest BCUT2D eigenvalue weighted by Crippen LogP contribution is 2.23. The smallest absolute Gasteiger partial charge is 0.255 e. The Kier molecular flexibility index (Phi) is 3.89. The molecule has 0 spiro atoms. The highest BCUT2D eigenvalue weighted by Gasteiger charge is 2.12. The van der Waals surface area contributed by atoms with E-state index in [4.69, 9.17) is 5.73 Å². The van der Waals surface area contributed by atoms with Crippen LogP contribution in [-0.2, 0) is 0 Å². The Morgan fingerprint density at radius 1 is 1.20 bits per heavy atom. The van der Waals surface area contributed by atoms with E-state index in [1.54, 1.807) is 18.2 Å². The van der Waals surface area contributed by atoms with Gasteiger partial charge in [0.2, 0.25) is 0 Å². The van der Waals surface area contributed by atoms with Gasteiger partial charge in [-0.05, 0) is 30.3 Å². The Morgan fingerprint density at radius 3 is 2.55 bits per heavy atom. The summed E-state index contributed by atoms with van der Waals surface area (Å²) in [6.07, 6.45) is 0. The Morgan fingerprint density at radius 2 is 1.90 bits per heavy atom. The fraction of sp³-hybridized carbons (Fsp3) is 0.133. The molecule has 0 unspecified atom stereocenters. The van der Waals surface area contributed by atoms with Crippen molar-refractivity contribution in [3.63, 3.8) is 0 Å². The number of anilines is 3. The highest BCUT2D eigenvalue weighted by molar-refractivity contribution is 6.06. The summed E-state index contributed by atoms with van der Waals surface area (Å²) in [5.74, 6) is -0.951. The fourth-order valence-corrected chi connectivity index (χ4v) is 1.78. The third-order valence-electron chi connectivity index (χ3n) is 2.91. The second kappa shape index (κ2) is 5.61. The summed E-state index contributed by atoms with van der Waals surface area (Å²) in [5.41, 5.74) is 7.20. The van der Waals surface area contributed by atoms with Gasteiger partial charge in [0, 0.05) is 25.3 Å². The highest BCUT2D eigenvalue weighted by atomic mass is 19.1. The molecule has 5 heteroatoms. The van der Waals surface area contributed by atoms with E-state index in [1.165, 1.54) is 18.2 Å². The van der Waals surface area contributed by atoms with Crippen molar-refractivity contribution in [2.24, 2.45) is 0 Å². The number of amides is 1. The monoisotopic (exact) mass is 273 g/mol. The van der Waals surface area contributed by atoms with E-state index in [0.717, 1.165) is 5.69 Å². The number of rotatable bonds is 3. The van der Waals surface area contributed by atoms with Crippen molar-refractivity contribution in [3.05, 3.63) is 53.8 Å². The molecule has 3 N–H and O–H groups in total. The third kappa shape index (κ3) is 2.88. The molecule has 0 saturated carbocycles. The number of nitrogens with two attached hydrogens (primary N) is 1. The van der Waals surface area contributed by atoms with Crippen molar-refractivity contribution >= 4 is 23.0 Å². The molecule has 0 bridgehead atoms. The number of nitrogens with zero attached hydrogens (tertiary/aromatic N) is 1. The van der Waals surface area contributed by atoms with Gasteiger partial charge in [-0.15, -0.1) is 0 Å². The molecule has 1 amide bonds. The third-order valence-corrected chi connectivity index (χ3v) is 2.91. The number of benzene rings is 2. The molecule has 2 aromatic rings. The second-order valence-corrected chi connectivity index (χ2v) is 4.60. The van der Waals surface area contributed by atoms with Crippen LogP contribution in [0.2, 0.25) is 0 Å². The van der Waals surface area contributed by atoms with E-state index in [2.05, 4.69) is 5.32 Å². The maximum Gasteiger partial charge on any atom is 0.255 e. The predicted molar refractivity (Wildman–Crippen MR) is 79.5 cm³/mol. The maximum absolute atomic E-state index is 13.6. The Labute approximate surface area is 117 Å². The molecular formula is C15H16FN3O. The van der Waals surface area contributed by atoms with E-state index >= 15 is 0 Å². The number of halogens is 1. The molecule has 0 atom stereocenters. The summed E-state index contributed by atoms with van der Waals surface area (Å²) >= 11 is 0. The lowest BCUT2D eigenvalue weighted by Crippen LogP contribution is -2.16. The molecule has 0 aromatic heterocycles. The van der Waals surface area contributed by atoms with Crippen molar-refractivity contribution < 1.29 is 9.18 Å². The van der Waals surface area contributed by atoms with Gasteiger partial charge in [-0.25, -0.2) is 4.39 Å². The Bertz CT molecular complexity index is 621. The van der Waals surface area contributed by atoms with E-state index in [9.17, 15) is 9.18 Å². The molecule has 0 fully saturated rings. The molecule has 0 aliphatic rings. The van der Waals surface area contributed by atoms with Gasteiger partial charge >= 0.3 is 0 Å². The molecule has 104 valence electrons. The molecule has 0 aliphatic heterocycles. The lowest BCUT2D eigenvalue weighted by Gasteiger charge is -2.14. The SMILES string of the molecule is CN(C)c1cccc(C(=O)Nc2c(N)cccc2F)c1. The topological polar surface area (TPSA) is 58.4 Å². The van der Waals surface area contributed by atoms with E-state index < -0.39 is 11.7 Å². The molecule has 2 aromatic carbocycles. The number of carbonyl (C=O) groups is 1. The van der Waals surface area contributed by atoms with Gasteiger partial charge in [-0.1, -0.05) is 12.1 Å². The summed E-state index contributed by atoms with van der Waals surface area (Å²) in [4.78, 5) is 14.0. The Balaban J connectivity index is 2.26. The number of hydrogen-bond acceptors (Lipinski definition) is 3. The summed E-state index contributed by atoms with van der Waals surface area (Å²) in [6, 6.07) is 11.3. The molecule has 0 saturated heterocycles. The van der Waals surface area contributed by atoms with Crippen LogP contribution in [0.5, 0.6) is 0 Å². The van der Waals surface area contributed by atoms with Crippen molar-refractivity contribution in [1.82, 2.24) is 0 Å². The molecule has 0 aliphatic carbocycles. The quantitative estimate of drug-likeness (QED) is 0.845. The summed E-state index contributed by atoms with van der Waals surface area (Å²) in [7, 11) is 3.76. The van der Waals surface area contributed by atoms with Crippen LogP contribution < -0.4 is 16.0 Å². The van der Waals surface area contributed by atoms with Crippen LogP contribution in [-0.4, -0.2) is 20.0 Å². The number of para-hydroxylation sites is 1.